The highest BCUT2D eigenvalue weighted by molar-refractivity contribution is 5.37. The first kappa shape index (κ1) is 14.0. The topological polar surface area (TPSA) is 78.8 Å². The van der Waals surface area contributed by atoms with Crippen molar-refractivity contribution < 1.29 is 0 Å². The molecular formula is C15H17N5. The van der Waals surface area contributed by atoms with E-state index in [9.17, 15) is 0 Å². The number of nitrogens with zero attached hydrogens (tertiary/aromatic N) is 4. The van der Waals surface area contributed by atoms with Gasteiger partial charge in [0.05, 0.1) is 0 Å². The third kappa shape index (κ3) is 3.53. The Hall–Kier alpha value is -2.45. The second-order valence-electron chi connectivity index (χ2n) is 4.50. The van der Waals surface area contributed by atoms with Crippen LogP contribution in [0.15, 0.2) is 36.4 Å². The Bertz CT molecular complexity index is 603. The lowest BCUT2D eigenvalue weighted by molar-refractivity contribution is 0.754. The smallest absolute Gasteiger partial charge is 0.227 e. The SMILES string of the molecule is Cc1cc(C#N)nc(N(CCN)Cc2ccccc2)n1. The Morgan fingerprint density at radius 2 is 2.00 bits per heavy atom. The van der Waals surface area contributed by atoms with E-state index < -0.39 is 0 Å². The maximum Gasteiger partial charge on any atom is 0.227 e. The van der Waals surface area contributed by atoms with E-state index in [2.05, 4.69) is 16.0 Å². The fourth-order valence-corrected chi connectivity index (χ4v) is 1.96. The summed E-state index contributed by atoms with van der Waals surface area (Å²) in [4.78, 5) is 10.7. The van der Waals surface area contributed by atoms with Gasteiger partial charge in [-0.3, -0.25) is 0 Å². The first-order valence-corrected chi connectivity index (χ1v) is 6.47. The molecule has 1 heterocycles. The molecule has 1 aromatic heterocycles. The van der Waals surface area contributed by atoms with Gasteiger partial charge >= 0.3 is 0 Å². The van der Waals surface area contributed by atoms with Crippen LogP contribution in [0, 0.1) is 18.3 Å². The Morgan fingerprint density at radius 1 is 1.25 bits per heavy atom. The van der Waals surface area contributed by atoms with Crippen molar-refractivity contribution in [1.29, 1.82) is 5.26 Å². The molecule has 2 rings (SSSR count). The zero-order valence-corrected chi connectivity index (χ0v) is 11.5. The molecule has 0 radical (unpaired) electrons. The maximum absolute atomic E-state index is 9.00. The standard InChI is InChI=1S/C15H17N5/c1-12-9-14(10-17)19-15(18-12)20(8-7-16)11-13-5-3-2-4-6-13/h2-6,9H,7-8,11,16H2,1H3. The number of aromatic nitrogens is 2. The summed E-state index contributed by atoms with van der Waals surface area (Å²) in [6, 6.07) is 13.8. The van der Waals surface area contributed by atoms with Crippen LogP contribution in [0.1, 0.15) is 17.0 Å². The minimum absolute atomic E-state index is 0.377. The van der Waals surface area contributed by atoms with Gasteiger partial charge in [-0.2, -0.15) is 5.26 Å². The highest BCUT2D eigenvalue weighted by Gasteiger charge is 2.11. The van der Waals surface area contributed by atoms with Crippen molar-refractivity contribution in [2.75, 3.05) is 18.0 Å². The largest absolute Gasteiger partial charge is 0.335 e. The average molecular weight is 267 g/mol. The number of hydrogen-bond acceptors (Lipinski definition) is 5. The van der Waals surface area contributed by atoms with E-state index in [0.29, 0.717) is 31.3 Å². The van der Waals surface area contributed by atoms with Gasteiger partial charge in [-0.25, -0.2) is 9.97 Å². The monoisotopic (exact) mass is 267 g/mol. The van der Waals surface area contributed by atoms with E-state index >= 15 is 0 Å². The second-order valence-corrected chi connectivity index (χ2v) is 4.50. The first-order valence-electron chi connectivity index (χ1n) is 6.47. The molecule has 0 saturated heterocycles. The fraction of sp³-hybridized carbons (Fsp3) is 0.267. The normalized spacial score (nSPS) is 10.1. The Labute approximate surface area is 118 Å². The summed E-state index contributed by atoms with van der Waals surface area (Å²) in [5.41, 5.74) is 7.98. The van der Waals surface area contributed by atoms with Crippen LogP contribution in [0.25, 0.3) is 0 Å². The van der Waals surface area contributed by atoms with Gasteiger partial charge in [0, 0.05) is 25.3 Å². The number of anilines is 1. The van der Waals surface area contributed by atoms with E-state index in [4.69, 9.17) is 11.0 Å². The van der Waals surface area contributed by atoms with Gasteiger partial charge in [0.15, 0.2) is 0 Å². The van der Waals surface area contributed by atoms with Crippen LogP contribution in [-0.2, 0) is 6.54 Å². The van der Waals surface area contributed by atoms with Gasteiger partial charge in [0.1, 0.15) is 11.8 Å². The van der Waals surface area contributed by atoms with Crippen molar-refractivity contribution in [3.8, 4) is 6.07 Å². The summed E-state index contributed by atoms with van der Waals surface area (Å²) in [6.45, 7) is 3.68. The molecule has 0 fully saturated rings. The lowest BCUT2D eigenvalue weighted by atomic mass is 10.2. The molecule has 20 heavy (non-hydrogen) atoms. The molecular weight excluding hydrogens is 250 g/mol. The van der Waals surface area contributed by atoms with Crippen LogP contribution in [-0.4, -0.2) is 23.1 Å². The predicted molar refractivity (Wildman–Crippen MR) is 78.0 cm³/mol. The molecule has 102 valence electrons. The van der Waals surface area contributed by atoms with Crippen LogP contribution >= 0.6 is 0 Å². The number of hydrogen-bond donors (Lipinski definition) is 1. The number of aryl methyl sites for hydroxylation is 1. The quantitative estimate of drug-likeness (QED) is 0.890. The minimum atomic E-state index is 0.377. The second kappa shape index (κ2) is 6.64. The Kier molecular flexibility index (Phi) is 4.64. The molecule has 0 aliphatic carbocycles. The first-order chi connectivity index (χ1) is 9.72. The van der Waals surface area contributed by atoms with E-state index in [1.807, 2.05) is 42.2 Å². The summed E-state index contributed by atoms with van der Waals surface area (Å²) in [5, 5.41) is 9.00. The molecule has 5 nitrogen and oxygen atoms in total. The van der Waals surface area contributed by atoms with E-state index in [1.165, 1.54) is 0 Å². The molecule has 1 aromatic carbocycles. The van der Waals surface area contributed by atoms with Crippen LogP contribution in [0.3, 0.4) is 0 Å². The number of nitriles is 1. The van der Waals surface area contributed by atoms with Crippen molar-refractivity contribution in [3.63, 3.8) is 0 Å². The van der Waals surface area contributed by atoms with Crippen LogP contribution < -0.4 is 10.6 Å². The zero-order chi connectivity index (χ0) is 14.4. The number of rotatable bonds is 5. The third-order valence-electron chi connectivity index (χ3n) is 2.86. The molecule has 0 saturated carbocycles. The van der Waals surface area contributed by atoms with Gasteiger partial charge < -0.3 is 10.6 Å². The highest BCUT2D eigenvalue weighted by atomic mass is 15.3. The van der Waals surface area contributed by atoms with Crippen molar-refractivity contribution in [2.24, 2.45) is 5.73 Å². The lowest BCUT2D eigenvalue weighted by Crippen LogP contribution is -2.30. The predicted octanol–water partition coefficient (Wildman–Crippen LogP) is 1.62. The van der Waals surface area contributed by atoms with Crippen molar-refractivity contribution in [1.82, 2.24) is 9.97 Å². The molecule has 0 unspecified atom stereocenters. The molecule has 5 heteroatoms. The molecule has 0 spiro atoms. The number of nitrogens with two attached hydrogens (primary N) is 1. The van der Waals surface area contributed by atoms with Gasteiger partial charge in [-0.05, 0) is 18.6 Å². The Balaban J connectivity index is 2.29. The number of benzene rings is 1. The van der Waals surface area contributed by atoms with Gasteiger partial charge in [0.25, 0.3) is 0 Å². The zero-order valence-electron chi connectivity index (χ0n) is 11.5. The molecule has 2 N–H and O–H groups in total. The molecule has 0 aliphatic rings. The Morgan fingerprint density at radius 3 is 2.65 bits per heavy atom. The molecule has 0 bridgehead atoms. The van der Waals surface area contributed by atoms with Crippen molar-refractivity contribution in [3.05, 3.63) is 53.3 Å². The van der Waals surface area contributed by atoms with Crippen molar-refractivity contribution in [2.45, 2.75) is 13.5 Å². The molecule has 0 aliphatic heterocycles. The summed E-state index contributed by atoms with van der Waals surface area (Å²) in [7, 11) is 0. The molecule has 2 aromatic rings. The summed E-state index contributed by atoms with van der Waals surface area (Å²) < 4.78 is 0. The molecule has 0 atom stereocenters. The molecule has 0 amide bonds. The fourth-order valence-electron chi connectivity index (χ4n) is 1.96. The van der Waals surface area contributed by atoms with E-state index in [1.54, 1.807) is 6.07 Å². The average Bonchev–Trinajstić information content (AvgIpc) is 2.47. The lowest BCUT2D eigenvalue weighted by Gasteiger charge is -2.22. The van der Waals surface area contributed by atoms with Gasteiger partial charge in [-0.1, -0.05) is 30.3 Å². The van der Waals surface area contributed by atoms with Gasteiger partial charge in [-0.15, -0.1) is 0 Å². The summed E-state index contributed by atoms with van der Waals surface area (Å²) in [6.07, 6.45) is 0. The third-order valence-corrected chi connectivity index (χ3v) is 2.86. The van der Waals surface area contributed by atoms with E-state index in [-0.39, 0.29) is 0 Å². The van der Waals surface area contributed by atoms with Crippen molar-refractivity contribution >= 4 is 5.95 Å². The van der Waals surface area contributed by atoms with Crippen LogP contribution in [0.4, 0.5) is 5.95 Å². The van der Waals surface area contributed by atoms with Gasteiger partial charge in [0.2, 0.25) is 5.95 Å². The maximum atomic E-state index is 9.00. The van der Waals surface area contributed by atoms with E-state index in [0.717, 1.165) is 11.3 Å². The van der Waals surface area contributed by atoms with Crippen LogP contribution in [0.5, 0.6) is 0 Å². The van der Waals surface area contributed by atoms with Crippen LogP contribution in [0.2, 0.25) is 0 Å². The summed E-state index contributed by atoms with van der Waals surface area (Å²) >= 11 is 0. The summed E-state index contributed by atoms with van der Waals surface area (Å²) in [5.74, 6) is 0.552. The highest BCUT2D eigenvalue weighted by Crippen LogP contribution is 2.13. The minimum Gasteiger partial charge on any atom is -0.335 e.